The molecule has 2 aromatic heterocycles. The van der Waals surface area contributed by atoms with E-state index in [-0.39, 0.29) is 11.7 Å². The molecule has 0 bridgehead atoms. The zero-order valence-electron chi connectivity index (χ0n) is 16.5. The lowest BCUT2D eigenvalue weighted by molar-refractivity contribution is -0.118. The Hall–Kier alpha value is -2.75. The lowest BCUT2D eigenvalue weighted by Gasteiger charge is -2.10. The topological polar surface area (TPSA) is 72.2 Å². The second kappa shape index (κ2) is 10.0. The number of benzene rings is 2. The van der Waals surface area contributed by atoms with Crippen molar-refractivity contribution in [2.45, 2.75) is 12.1 Å². The number of hydrogen-bond donors (Lipinski definition) is 1. The minimum absolute atomic E-state index is 0.171. The summed E-state index contributed by atoms with van der Waals surface area (Å²) in [6.45, 7) is 2.01. The zero-order valence-corrected chi connectivity index (χ0v) is 19.7. The molecule has 1 amide bonds. The van der Waals surface area contributed by atoms with E-state index in [4.69, 9.17) is 0 Å². The minimum Gasteiger partial charge on any atom is -0.272 e. The van der Waals surface area contributed by atoms with Crippen LogP contribution in [0.25, 0.3) is 17.1 Å². The summed E-state index contributed by atoms with van der Waals surface area (Å²) in [6, 6.07) is 19.8. The van der Waals surface area contributed by atoms with Gasteiger partial charge in [0.1, 0.15) is 0 Å². The van der Waals surface area contributed by atoms with Crippen LogP contribution >= 0.6 is 39.0 Å². The van der Waals surface area contributed by atoms with E-state index < -0.39 is 0 Å². The first-order valence-corrected chi connectivity index (χ1v) is 12.0. The van der Waals surface area contributed by atoms with Gasteiger partial charge in [-0.25, -0.2) is 5.43 Å². The van der Waals surface area contributed by atoms with Crippen LogP contribution in [0.15, 0.2) is 80.8 Å². The summed E-state index contributed by atoms with van der Waals surface area (Å²) >= 11 is 6.37. The van der Waals surface area contributed by atoms with E-state index in [1.165, 1.54) is 11.8 Å². The van der Waals surface area contributed by atoms with Crippen LogP contribution in [0.4, 0.5) is 0 Å². The highest BCUT2D eigenvalue weighted by Gasteiger charge is 2.17. The Morgan fingerprint density at radius 3 is 2.65 bits per heavy atom. The molecule has 6 nitrogen and oxygen atoms in total. The highest BCUT2D eigenvalue weighted by atomic mass is 79.9. The van der Waals surface area contributed by atoms with Crippen molar-refractivity contribution in [1.29, 1.82) is 0 Å². The molecule has 0 saturated carbocycles. The lowest BCUT2D eigenvalue weighted by atomic mass is 10.2. The molecule has 9 heteroatoms. The van der Waals surface area contributed by atoms with E-state index >= 15 is 0 Å². The van der Waals surface area contributed by atoms with Crippen molar-refractivity contribution in [3.8, 4) is 17.1 Å². The number of nitrogens with one attached hydrogen (secondary N) is 1. The van der Waals surface area contributed by atoms with Crippen molar-refractivity contribution in [1.82, 2.24) is 20.2 Å². The van der Waals surface area contributed by atoms with Gasteiger partial charge < -0.3 is 0 Å². The molecule has 0 radical (unpaired) electrons. The number of aromatic nitrogens is 3. The van der Waals surface area contributed by atoms with Gasteiger partial charge in [-0.15, -0.1) is 21.5 Å². The summed E-state index contributed by atoms with van der Waals surface area (Å²) in [4.78, 5) is 13.3. The lowest BCUT2D eigenvalue weighted by Crippen LogP contribution is -2.20. The second-order valence-electron chi connectivity index (χ2n) is 6.53. The molecule has 0 aliphatic carbocycles. The van der Waals surface area contributed by atoms with Gasteiger partial charge in [-0.2, -0.15) is 5.10 Å². The number of hydrazone groups is 1. The van der Waals surface area contributed by atoms with Crippen molar-refractivity contribution in [3.05, 3.63) is 81.0 Å². The molecule has 2 aromatic carbocycles. The first kappa shape index (κ1) is 21.5. The predicted octanol–water partition coefficient (Wildman–Crippen LogP) is 5.31. The smallest absolute Gasteiger partial charge is 0.250 e. The summed E-state index contributed by atoms with van der Waals surface area (Å²) in [6.07, 6.45) is 1.67. The van der Waals surface area contributed by atoms with E-state index in [0.29, 0.717) is 5.16 Å². The average molecular weight is 512 g/mol. The Morgan fingerprint density at radius 1 is 1.16 bits per heavy atom. The van der Waals surface area contributed by atoms with E-state index in [1.54, 1.807) is 17.6 Å². The number of thioether (sulfide) groups is 1. The van der Waals surface area contributed by atoms with Crippen LogP contribution in [-0.4, -0.2) is 32.6 Å². The number of halogens is 1. The number of carbonyl (C=O) groups excluding carboxylic acids is 1. The summed E-state index contributed by atoms with van der Waals surface area (Å²) in [5.74, 6) is 0.684. The molecule has 0 atom stereocenters. The van der Waals surface area contributed by atoms with E-state index in [1.807, 2.05) is 77.5 Å². The number of amides is 1. The number of aryl methyl sites for hydroxylation is 1. The van der Waals surface area contributed by atoms with Crippen molar-refractivity contribution < 1.29 is 4.79 Å². The molecular weight excluding hydrogens is 494 g/mol. The Balaban J connectivity index is 1.52. The van der Waals surface area contributed by atoms with Crippen molar-refractivity contribution in [2.24, 2.45) is 5.10 Å². The highest BCUT2D eigenvalue weighted by molar-refractivity contribution is 9.10. The summed E-state index contributed by atoms with van der Waals surface area (Å²) in [5.41, 5.74) is 5.58. The fourth-order valence-electron chi connectivity index (χ4n) is 2.80. The van der Waals surface area contributed by atoms with Gasteiger partial charge in [-0.05, 0) is 48.2 Å². The number of thiophene rings is 1. The molecule has 4 rings (SSSR count). The third kappa shape index (κ3) is 5.30. The average Bonchev–Trinajstić information content (AvgIpc) is 3.40. The Bertz CT molecular complexity index is 1200. The largest absolute Gasteiger partial charge is 0.272 e. The third-order valence-electron chi connectivity index (χ3n) is 4.36. The third-order valence-corrected chi connectivity index (χ3v) is 6.77. The molecular formula is C22H18BrN5OS2. The van der Waals surface area contributed by atoms with Gasteiger partial charge in [0.15, 0.2) is 11.0 Å². The normalized spacial score (nSPS) is 11.2. The van der Waals surface area contributed by atoms with Gasteiger partial charge in [-0.3, -0.25) is 9.36 Å². The maximum atomic E-state index is 12.3. The molecule has 0 spiro atoms. The van der Waals surface area contributed by atoms with Crippen LogP contribution in [0.3, 0.4) is 0 Å². The van der Waals surface area contributed by atoms with Crippen molar-refractivity contribution in [2.75, 3.05) is 5.75 Å². The molecule has 1 N–H and O–H groups in total. The van der Waals surface area contributed by atoms with Gasteiger partial charge in [0.25, 0.3) is 5.91 Å². The fraction of sp³-hybridized carbons (Fsp3) is 0.0909. The Morgan fingerprint density at radius 2 is 1.94 bits per heavy atom. The van der Waals surface area contributed by atoms with Crippen LogP contribution in [-0.2, 0) is 4.79 Å². The summed E-state index contributed by atoms with van der Waals surface area (Å²) < 4.78 is 2.94. The van der Waals surface area contributed by atoms with Crippen molar-refractivity contribution >= 4 is 51.2 Å². The maximum absolute atomic E-state index is 12.3. The molecule has 0 aliphatic rings. The Labute approximate surface area is 196 Å². The number of rotatable bonds is 7. The monoisotopic (exact) mass is 511 g/mol. The standard InChI is InChI=1S/C22H18BrN5OS2/c1-15-11-12-30-19(15)13-24-25-20(29)14-31-22-27-26-21(16-5-3-2-4-6-16)28(22)18-9-7-17(23)8-10-18/h2-13H,14H2,1H3,(H,25,29). The maximum Gasteiger partial charge on any atom is 0.250 e. The first-order valence-electron chi connectivity index (χ1n) is 9.37. The van der Waals surface area contributed by atoms with Crippen molar-refractivity contribution in [3.63, 3.8) is 0 Å². The van der Waals surface area contributed by atoms with E-state index in [2.05, 4.69) is 36.7 Å². The number of nitrogens with zero attached hydrogens (tertiary/aromatic N) is 4. The van der Waals surface area contributed by atoms with Gasteiger partial charge >= 0.3 is 0 Å². The van der Waals surface area contributed by atoms with E-state index in [0.717, 1.165) is 32.0 Å². The molecule has 0 saturated heterocycles. The first-order chi connectivity index (χ1) is 15.1. The summed E-state index contributed by atoms with van der Waals surface area (Å²) in [7, 11) is 0. The molecule has 4 aromatic rings. The second-order valence-corrected chi connectivity index (χ2v) is 9.34. The van der Waals surface area contributed by atoms with Gasteiger partial charge in [-0.1, -0.05) is 58.0 Å². The quantitative estimate of drug-likeness (QED) is 0.207. The van der Waals surface area contributed by atoms with Gasteiger partial charge in [0.2, 0.25) is 0 Å². The SMILES string of the molecule is Cc1ccsc1C=NNC(=O)CSc1nnc(-c2ccccc2)n1-c1ccc(Br)cc1. The molecule has 156 valence electrons. The van der Waals surface area contributed by atoms with Crippen LogP contribution < -0.4 is 5.43 Å². The highest BCUT2D eigenvalue weighted by Crippen LogP contribution is 2.28. The number of carbonyl (C=O) groups is 1. The molecule has 0 unspecified atom stereocenters. The molecule has 2 heterocycles. The predicted molar refractivity (Wildman–Crippen MR) is 130 cm³/mol. The Kier molecular flexibility index (Phi) is 6.96. The van der Waals surface area contributed by atoms with Crippen LogP contribution in [0.2, 0.25) is 0 Å². The molecule has 31 heavy (non-hydrogen) atoms. The number of hydrogen-bond acceptors (Lipinski definition) is 6. The molecule has 0 fully saturated rings. The zero-order chi connectivity index (χ0) is 21.6. The fourth-order valence-corrected chi connectivity index (χ4v) is 4.60. The van der Waals surface area contributed by atoms with Crippen LogP contribution in [0.1, 0.15) is 10.4 Å². The molecule has 0 aliphatic heterocycles. The van der Waals surface area contributed by atoms with Crippen LogP contribution in [0.5, 0.6) is 0 Å². The van der Waals surface area contributed by atoms with E-state index in [9.17, 15) is 4.79 Å². The van der Waals surface area contributed by atoms with Gasteiger partial charge in [0, 0.05) is 20.6 Å². The minimum atomic E-state index is -0.206. The van der Waals surface area contributed by atoms with Gasteiger partial charge in [0.05, 0.1) is 12.0 Å². The summed E-state index contributed by atoms with van der Waals surface area (Å²) in [5, 5.41) is 15.4. The van der Waals surface area contributed by atoms with Crippen LogP contribution in [0, 0.1) is 6.92 Å².